The summed E-state index contributed by atoms with van der Waals surface area (Å²) in [5.41, 5.74) is 0. The van der Waals surface area contributed by atoms with E-state index >= 15 is 0 Å². The van der Waals surface area contributed by atoms with Crippen LogP contribution in [0.2, 0.25) is 0 Å². The summed E-state index contributed by atoms with van der Waals surface area (Å²) in [6.07, 6.45) is 1.50. The minimum absolute atomic E-state index is 0.0101. The number of carboxylic acid groups (broad SMARTS) is 1. The average Bonchev–Trinajstić information content (AvgIpc) is 2.74. The van der Waals surface area contributed by atoms with Gasteiger partial charge in [0, 0.05) is 18.0 Å². The number of hydrogen-bond donors (Lipinski definition) is 1. The molecule has 7 heteroatoms. The zero-order valence-corrected chi connectivity index (χ0v) is 11.8. The van der Waals surface area contributed by atoms with Gasteiger partial charge in [-0.3, -0.25) is 0 Å². The van der Waals surface area contributed by atoms with E-state index in [1.54, 1.807) is 13.8 Å². The first kappa shape index (κ1) is 14.9. The third-order valence-corrected chi connectivity index (χ3v) is 5.36. The van der Waals surface area contributed by atoms with E-state index in [0.717, 1.165) is 11.3 Å². The zero-order chi connectivity index (χ0) is 13.9. The highest BCUT2D eigenvalue weighted by atomic mass is 32.2. The van der Waals surface area contributed by atoms with E-state index in [-0.39, 0.29) is 22.4 Å². The van der Waals surface area contributed by atoms with E-state index in [0.29, 0.717) is 0 Å². The monoisotopic (exact) mass is 289 g/mol. The van der Waals surface area contributed by atoms with Gasteiger partial charge in [0.25, 0.3) is 0 Å². The number of carboxylic acids is 1. The van der Waals surface area contributed by atoms with Crippen molar-refractivity contribution in [2.24, 2.45) is 0 Å². The second-order valence-corrected chi connectivity index (χ2v) is 6.71. The van der Waals surface area contributed by atoms with Crippen molar-refractivity contribution >= 4 is 27.3 Å². The minimum atomic E-state index is -3.67. The van der Waals surface area contributed by atoms with Crippen LogP contribution >= 0.6 is 11.3 Å². The summed E-state index contributed by atoms with van der Waals surface area (Å²) in [6, 6.07) is 0.960. The fourth-order valence-corrected chi connectivity index (χ4v) is 4.12. The lowest BCUT2D eigenvalue weighted by atomic mass is 10.4. The van der Waals surface area contributed by atoms with Crippen molar-refractivity contribution in [1.82, 2.24) is 4.31 Å². The lowest BCUT2D eigenvalue weighted by Crippen LogP contribution is -2.36. The number of nitrogens with zero attached hydrogens (tertiary/aromatic N) is 1. The Balaban J connectivity index is 3.17. The Bertz CT molecular complexity index is 545. The van der Waals surface area contributed by atoms with Crippen molar-refractivity contribution in [2.45, 2.75) is 24.8 Å². The molecule has 1 rings (SSSR count). The van der Waals surface area contributed by atoms with Crippen molar-refractivity contribution < 1.29 is 18.3 Å². The van der Waals surface area contributed by atoms with Gasteiger partial charge >= 0.3 is 5.97 Å². The fourth-order valence-electron chi connectivity index (χ4n) is 1.42. The van der Waals surface area contributed by atoms with E-state index in [2.05, 4.69) is 6.58 Å². The standard InChI is InChI=1S/C11H15NO4S2/c1-4-5-12(8(2)3)18(15,16)9-6-10(11(13)14)17-7-9/h4,6-8H,1,5H2,2-3H3,(H,13,14). The van der Waals surface area contributed by atoms with E-state index in [1.807, 2.05) is 0 Å². The topological polar surface area (TPSA) is 74.7 Å². The molecule has 1 aromatic heterocycles. The third-order valence-electron chi connectivity index (χ3n) is 2.28. The van der Waals surface area contributed by atoms with Gasteiger partial charge in [0.15, 0.2) is 0 Å². The van der Waals surface area contributed by atoms with Crippen LogP contribution in [0.15, 0.2) is 29.0 Å². The predicted molar refractivity (Wildman–Crippen MR) is 70.5 cm³/mol. The van der Waals surface area contributed by atoms with Crippen molar-refractivity contribution in [3.05, 3.63) is 29.0 Å². The van der Waals surface area contributed by atoms with E-state index in [9.17, 15) is 13.2 Å². The lowest BCUT2D eigenvalue weighted by Gasteiger charge is -2.23. The maximum atomic E-state index is 12.3. The molecule has 0 saturated heterocycles. The fraction of sp³-hybridized carbons (Fsp3) is 0.364. The smallest absolute Gasteiger partial charge is 0.345 e. The highest BCUT2D eigenvalue weighted by Gasteiger charge is 2.27. The summed E-state index contributed by atoms with van der Waals surface area (Å²) < 4.78 is 25.9. The Kier molecular flexibility index (Phi) is 4.66. The van der Waals surface area contributed by atoms with Gasteiger partial charge in [0.05, 0.1) is 4.90 Å². The van der Waals surface area contributed by atoms with E-state index < -0.39 is 16.0 Å². The van der Waals surface area contributed by atoms with Crippen molar-refractivity contribution in [1.29, 1.82) is 0 Å². The Labute approximate surface area is 110 Å². The summed E-state index contributed by atoms with van der Waals surface area (Å²) in [6.45, 7) is 7.23. The number of rotatable bonds is 6. The van der Waals surface area contributed by atoms with Crippen LogP contribution in [0, 0.1) is 0 Å². The van der Waals surface area contributed by atoms with Crippen LogP contribution in [-0.2, 0) is 10.0 Å². The molecule has 0 bridgehead atoms. The molecule has 0 aromatic carbocycles. The van der Waals surface area contributed by atoms with Gasteiger partial charge in [-0.1, -0.05) is 6.08 Å². The van der Waals surface area contributed by atoms with Gasteiger partial charge in [-0.15, -0.1) is 17.9 Å². The molecular weight excluding hydrogens is 274 g/mol. The van der Waals surface area contributed by atoms with Crippen molar-refractivity contribution in [3.8, 4) is 0 Å². The first-order valence-corrected chi connectivity index (χ1v) is 7.57. The predicted octanol–water partition coefficient (Wildman–Crippen LogP) is 2.03. The Morgan fingerprint density at radius 1 is 1.61 bits per heavy atom. The molecule has 18 heavy (non-hydrogen) atoms. The third kappa shape index (κ3) is 2.98. The largest absolute Gasteiger partial charge is 0.477 e. The molecule has 0 spiro atoms. The van der Waals surface area contributed by atoms with Gasteiger partial charge in [0.1, 0.15) is 4.88 Å². The average molecular weight is 289 g/mol. The molecule has 1 heterocycles. The highest BCUT2D eigenvalue weighted by molar-refractivity contribution is 7.89. The number of sulfonamides is 1. The molecule has 1 N–H and O–H groups in total. The van der Waals surface area contributed by atoms with Gasteiger partial charge in [-0.2, -0.15) is 4.31 Å². The maximum Gasteiger partial charge on any atom is 0.345 e. The second-order valence-electron chi connectivity index (χ2n) is 3.91. The summed E-state index contributed by atoms with van der Waals surface area (Å²) in [4.78, 5) is 10.8. The molecular formula is C11H15NO4S2. The summed E-state index contributed by atoms with van der Waals surface area (Å²) in [5, 5.41) is 10.1. The number of aromatic carboxylic acids is 1. The molecule has 0 aliphatic rings. The van der Waals surface area contributed by atoms with Gasteiger partial charge < -0.3 is 5.11 Å². The molecule has 0 fully saturated rings. The molecule has 0 aliphatic carbocycles. The van der Waals surface area contributed by atoms with Crippen LogP contribution in [0.5, 0.6) is 0 Å². The number of hydrogen-bond acceptors (Lipinski definition) is 4. The summed E-state index contributed by atoms with van der Waals surface area (Å²) in [5.74, 6) is -1.12. The van der Waals surface area contributed by atoms with Crippen LogP contribution < -0.4 is 0 Å². The lowest BCUT2D eigenvalue weighted by molar-refractivity contribution is 0.0702. The van der Waals surface area contributed by atoms with Crippen molar-refractivity contribution in [3.63, 3.8) is 0 Å². The quantitative estimate of drug-likeness (QED) is 0.813. The minimum Gasteiger partial charge on any atom is -0.477 e. The molecule has 0 amide bonds. The van der Waals surface area contributed by atoms with Crippen LogP contribution in [0.4, 0.5) is 0 Å². The van der Waals surface area contributed by atoms with Crippen molar-refractivity contribution in [2.75, 3.05) is 6.54 Å². The summed E-state index contributed by atoms with van der Waals surface area (Å²) in [7, 11) is -3.67. The molecule has 100 valence electrons. The second kappa shape index (κ2) is 5.64. The maximum absolute atomic E-state index is 12.3. The Morgan fingerprint density at radius 2 is 2.22 bits per heavy atom. The molecule has 0 unspecified atom stereocenters. The molecule has 5 nitrogen and oxygen atoms in total. The van der Waals surface area contributed by atoms with Gasteiger partial charge in [-0.05, 0) is 19.9 Å². The molecule has 0 aliphatic heterocycles. The van der Waals surface area contributed by atoms with Crippen LogP contribution in [-0.4, -0.2) is 36.4 Å². The van der Waals surface area contributed by atoms with Crippen LogP contribution in [0.1, 0.15) is 23.5 Å². The van der Waals surface area contributed by atoms with E-state index in [1.165, 1.54) is 21.8 Å². The number of thiophene rings is 1. The molecule has 0 saturated carbocycles. The highest BCUT2D eigenvalue weighted by Crippen LogP contribution is 2.24. The zero-order valence-electron chi connectivity index (χ0n) is 10.2. The summed E-state index contributed by atoms with van der Waals surface area (Å²) >= 11 is 0.901. The molecule has 0 atom stereocenters. The SMILES string of the molecule is C=CCN(C(C)C)S(=O)(=O)c1csc(C(=O)O)c1. The Morgan fingerprint density at radius 3 is 2.61 bits per heavy atom. The van der Waals surface area contributed by atoms with E-state index in [4.69, 9.17) is 5.11 Å². The normalized spacial score (nSPS) is 12.0. The Hall–Kier alpha value is -1.18. The van der Waals surface area contributed by atoms with Crippen LogP contribution in [0.3, 0.4) is 0 Å². The van der Waals surface area contributed by atoms with Crippen LogP contribution in [0.25, 0.3) is 0 Å². The first-order chi connectivity index (χ1) is 8.30. The molecule has 1 aromatic rings. The number of carbonyl (C=O) groups is 1. The van der Waals surface area contributed by atoms with Gasteiger partial charge in [-0.25, -0.2) is 13.2 Å². The van der Waals surface area contributed by atoms with Gasteiger partial charge in [0.2, 0.25) is 10.0 Å². The molecule has 0 radical (unpaired) electrons. The first-order valence-electron chi connectivity index (χ1n) is 5.25.